The molecular formula is C12H10BrF2NO3. The van der Waals surface area contributed by atoms with Crippen molar-refractivity contribution in [2.24, 2.45) is 0 Å². The number of nitrogens with zero attached hydrogens (tertiary/aromatic N) is 1. The summed E-state index contributed by atoms with van der Waals surface area (Å²) in [5.41, 5.74) is 0.213. The summed E-state index contributed by atoms with van der Waals surface area (Å²) in [6, 6.07) is 4.45. The number of carbonyl (C=O) groups excluding carboxylic acids is 1. The number of ether oxygens (including phenoxy) is 2. The van der Waals surface area contributed by atoms with Crippen LogP contribution < -0.4 is 4.74 Å². The fourth-order valence-corrected chi connectivity index (χ4v) is 2.02. The SMILES string of the molecule is CCOC(=O)c1ccc(C#N)c(CBr)c1OC(F)F. The van der Waals surface area contributed by atoms with Crippen LogP contribution in [-0.2, 0) is 10.1 Å². The summed E-state index contributed by atoms with van der Waals surface area (Å²) in [5.74, 6) is -1.10. The van der Waals surface area contributed by atoms with Gasteiger partial charge in [-0.1, -0.05) is 15.9 Å². The summed E-state index contributed by atoms with van der Waals surface area (Å²) in [7, 11) is 0. The molecule has 0 saturated heterocycles. The molecule has 0 heterocycles. The number of nitriles is 1. The smallest absolute Gasteiger partial charge is 0.387 e. The van der Waals surface area contributed by atoms with Gasteiger partial charge in [-0.2, -0.15) is 14.0 Å². The molecular weight excluding hydrogens is 324 g/mol. The molecule has 0 aromatic heterocycles. The van der Waals surface area contributed by atoms with Crippen molar-refractivity contribution in [3.05, 3.63) is 28.8 Å². The first kappa shape index (κ1) is 15.4. The molecule has 1 rings (SSSR count). The number of rotatable bonds is 5. The van der Waals surface area contributed by atoms with Crippen LogP contribution in [0.1, 0.15) is 28.4 Å². The lowest BCUT2D eigenvalue weighted by Gasteiger charge is -2.14. The minimum atomic E-state index is -3.10. The molecule has 0 spiro atoms. The Morgan fingerprint density at radius 1 is 1.53 bits per heavy atom. The maximum atomic E-state index is 12.4. The van der Waals surface area contributed by atoms with E-state index in [2.05, 4.69) is 20.7 Å². The molecule has 0 bridgehead atoms. The lowest BCUT2D eigenvalue weighted by Crippen LogP contribution is -2.13. The molecule has 0 amide bonds. The van der Waals surface area contributed by atoms with Gasteiger partial charge in [0.2, 0.25) is 0 Å². The molecule has 7 heteroatoms. The van der Waals surface area contributed by atoms with E-state index in [1.165, 1.54) is 12.1 Å². The van der Waals surface area contributed by atoms with Crippen LogP contribution in [0.4, 0.5) is 8.78 Å². The molecule has 102 valence electrons. The average molecular weight is 334 g/mol. The maximum absolute atomic E-state index is 12.4. The minimum absolute atomic E-state index is 0.102. The van der Waals surface area contributed by atoms with Gasteiger partial charge >= 0.3 is 12.6 Å². The second-order valence-corrected chi connectivity index (χ2v) is 3.87. The molecule has 0 N–H and O–H groups in total. The van der Waals surface area contributed by atoms with Crippen LogP contribution in [0, 0.1) is 11.3 Å². The standard InChI is InChI=1S/C12H10BrF2NO3/c1-2-18-11(17)8-4-3-7(6-16)9(5-13)10(8)19-12(14)15/h3-4,12H,2,5H2,1H3. The number of halogens is 3. The van der Waals surface area contributed by atoms with Gasteiger partial charge in [-0.15, -0.1) is 0 Å². The molecule has 1 aromatic rings. The Bertz CT molecular complexity index is 514. The lowest BCUT2D eigenvalue weighted by molar-refractivity contribution is -0.0509. The van der Waals surface area contributed by atoms with Gasteiger partial charge in [0.15, 0.2) is 0 Å². The third kappa shape index (κ3) is 3.64. The molecule has 0 saturated carbocycles. The zero-order chi connectivity index (χ0) is 14.4. The van der Waals surface area contributed by atoms with Crippen molar-refractivity contribution in [1.82, 2.24) is 0 Å². The van der Waals surface area contributed by atoms with E-state index in [-0.39, 0.29) is 34.4 Å². The summed E-state index contributed by atoms with van der Waals surface area (Å²) in [6.45, 7) is -1.39. The van der Waals surface area contributed by atoms with E-state index in [0.717, 1.165) is 0 Å². The Morgan fingerprint density at radius 3 is 2.68 bits per heavy atom. The quantitative estimate of drug-likeness (QED) is 0.613. The van der Waals surface area contributed by atoms with Gasteiger partial charge < -0.3 is 9.47 Å². The van der Waals surface area contributed by atoms with Gasteiger partial charge in [0.1, 0.15) is 11.3 Å². The van der Waals surface area contributed by atoms with Gasteiger partial charge in [0.25, 0.3) is 0 Å². The van der Waals surface area contributed by atoms with Crippen molar-refractivity contribution >= 4 is 21.9 Å². The Hall–Kier alpha value is -1.68. The summed E-state index contributed by atoms with van der Waals surface area (Å²) < 4.78 is 34.0. The normalized spacial score (nSPS) is 10.1. The molecule has 0 aliphatic rings. The summed E-state index contributed by atoms with van der Waals surface area (Å²) >= 11 is 3.08. The van der Waals surface area contributed by atoms with Gasteiger partial charge in [-0.25, -0.2) is 4.79 Å². The van der Waals surface area contributed by atoms with Gasteiger partial charge in [0, 0.05) is 10.9 Å². The fraction of sp³-hybridized carbons (Fsp3) is 0.333. The summed E-state index contributed by atoms with van der Waals surface area (Å²) in [6.07, 6.45) is 0. The molecule has 0 fully saturated rings. The van der Waals surface area contributed by atoms with Crippen LogP contribution in [-0.4, -0.2) is 19.2 Å². The van der Waals surface area contributed by atoms with Gasteiger partial charge in [-0.3, -0.25) is 0 Å². The first-order chi connectivity index (χ1) is 9.04. The van der Waals surface area contributed by atoms with E-state index in [0.29, 0.717) is 0 Å². The van der Waals surface area contributed by atoms with E-state index >= 15 is 0 Å². The van der Waals surface area contributed by atoms with Crippen molar-refractivity contribution in [3.63, 3.8) is 0 Å². The number of carbonyl (C=O) groups is 1. The third-order valence-corrected chi connectivity index (χ3v) is 2.78. The molecule has 0 radical (unpaired) electrons. The summed E-state index contributed by atoms with van der Waals surface area (Å²) in [5, 5.41) is 9.01. The molecule has 4 nitrogen and oxygen atoms in total. The van der Waals surface area contributed by atoms with Gasteiger partial charge in [0.05, 0.1) is 18.2 Å². The highest BCUT2D eigenvalue weighted by Crippen LogP contribution is 2.31. The number of alkyl halides is 3. The van der Waals surface area contributed by atoms with E-state index in [4.69, 9.17) is 10.00 Å². The van der Waals surface area contributed by atoms with Crippen LogP contribution in [0.5, 0.6) is 5.75 Å². The van der Waals surface area contributed by atoms with Crippen molar-refractivity contribution in [1.29, 1.82) is 5.26 Å². The molecule has 0 atom stereocenters. The highest BCUT2D eigenvalue weighted by Gasteiger charge is 2.22. The topological polar surface area (TPSA) is 59.3 Å². The predicted molar refractivity (Wildman–Crippen MR) is 66.4 cm³/mol. The zero-order valence-electron chi connectivity index (χ0n) is 9.95. The average Bonchev–Trinajstić information content (AvgIpc) is 2.37. The van der Waals surface area contributed by atoms with Crippen LogP contribution in [0.3, 0.4) is 0 Å². The molecule has 19 heavy (non-hydrogen) atoms. The predicted octanol–water partition coefficient (Wildman–Crippen LogP) is 3.23. The fourth-order valence-electron chi connectivity index (χ4n) is 1.46. The largest absolute Gasteiger partial charge is 0.462 e. The summed E-state index contributed by atoms with van der Waals surface area (Å²) in [4.78, 5) is 11.7. The minimum Gasteiger partial charge on any atom is -0.462 e. The first-order valence-corrected chi connectivity index (χ1v) is 6.41. The van der Waals surface area contributed by atoms with Crippen LogP contribution in [0.25, 0.3) is 0 Å². The molecule has 0 aliphatic carbocycles. The number of esters is 1. The van der Waals surface area contributed by atoms with Crippen molar-refractivity contribution in [3.8, 4) is 11.8 Å². The Morgan fingerprint density at radius 2 is 2.21 bits per heavy atom. The van der Waals surface area contributed by atoms with E-state index in [1.807, 2.05) is 6.07 Å². The number of benzene rings is 1. The molecule has 1 aromatic carbocycles. The number of hydrogen-bond donors (Lipinski definition) is 0. The first-order valence-electron chi connectivity index (χ1n) is 5.29. The highest BCUT2D eigenvalue weighted by atomic mass is 79.9. The lowest BCUT2D eigenvalue weighted by atomic mass is 10.0. The maximum Gasteiger partial charge on any atom is 0.387 e. The van der Waals surface area contributed by atoms with Crippen molar-refractivity contribution in [2.45, 2.75) is 18.9 Å². The zero-order valence-corrected chi connectivity index (χ0v) is 11.5. The monoisotopic (exact) mass is 333 g/mol. The molecule has 0 unspecified atom stereocenters. The number of hydrogen-bond acceptors (Lipinski definition) is 4. The Labute approximate surface area is 117 Å². The van der Waals surface area contributed by atoms with Crippen LogP contribution in [0.15, 0.2) is 12.1 Å². The Balaban J connectivity index is 3.38. The van der Waals surface area contributed by atoms with E-state index in [1.54, 1.807) is 6.92 Å². The molecule has 0 aliphatic heterocycles. The van der Waals surface area contributed by atoms with E-state index < -0.39 is 12.6 Å². The van der Waals surface area contributed by atoms with Crippen LogP contribution >= 0.6 is 15.9 Å². The second kappa shape index (κ2) is 7.04. The van der Waals surface area contributed by atoms with Crippen molar-refractivity contribution < 1.29 is 23.0 Å². The van der Waals surface area contributed by atoms with Gasteiger partial charge in [-0.05, 0) is 19.1 Å². The highest BCUT2D eigenvalue weighted by molar-refractivity contribution is 9.08. The Kier molecular flexibility index (Phi) is 5.70. The second-order valence-electron chi connectivity index (χ2n) is 3.31. The van der Waals surface area contributed by atoms with Crippen LogP contribution in [0.2, 0.25) is 0 Å². The van der Waals surface area contributed by atoms with Crippen molar-refractivity contribution in [2.75, 3.05) is 6.61 Å². The van der Waals surface area contributed by atoms with E-state index in [9.17, 15) is 13.6 Å². The third-order valence-electron chi connectivity index (χ3n) is 2.22.